The molecule has 0 aliphatic carbocycles. The molecule has 3 aliphatic heterocycles. The minimum Gasteiger partial charge on any atom is -0.478 e. The number of carbonyl (C=O) groups is 1. The largest absolute Gasteiger partial charge is 0.478 e. The van der Waals surface area contributed by atoms with Gasteiger partial charge in [0.15, 0.2) is 5.90 Å². The van der Waals surface area contributed by atoms with E-state index in [9.17, 15) is 22.7 Å². The van der Waals surface area contributed by atoms with Gasteiger partial charge in [-0.2, -0.15) is 5.26 Å². The Morgan fingerprint density at radius 3 is 2.51 bits per heavy atom. The average molecular weight is 609 g/mol. The summed E-state index contributed by atoms with van der Waals surface area (Å²) < 4.78 is 42.1. The molecule has 0 radical (unpaired) electrons. The molecule has 0 atom stereocenters. The molecule has 2 fully saturated rings. The molecule has 0 bridgehead atoms. The van der Waals surface area contributed by atoms with Crippen molar-refractivity contribution in [2.75, 3.05) is 37.7 Å². The Morgan fingerprint density at radius 2 is 1.88 bits per heavy atom. The molecular formula is C30H33FN6O5S. The van der Waals surface area contributed by atoms with Crippen molar-refractivity contribution in [3.8, 4) is 6.07 Å². The van der Waals surface area contributed by atoms with Gasteiger partial charge in [-0.15, -0.1) is 0 Å². The quantitative estimate of drug-likeness (QED) is 0.445. The maximum absolute atomic E-state index is 14.2. The number of aliphatic imine (C=N–C) groups is 1. The lowest BCUT2D eigenvalue weighted by Gasteiger charge is -2.36. The lowest BCUT2D eigenvalue weighted by Crippen LogP contribution is -2.45. The highest BCUT2D eigenvalue weighted by atomic mass is 32.2. The molecule has 3 aromatic rings. The number of carboxylic acids is 1. The predicted octanol–water partition coefficient (Wildman–Crippen LogP) is 3.46. The number of fused-ring (bicyclic) bond motifs is 1. The summed E-state index contributed by atoms with van der Waals surface area (Å²) in [6.45, 7) is 4.03. The van der Waals surface area contributed by atoms with Crippen LogP contribution in [0.2, 0.25) is 0 Å². The molecule has 13 heteroatoms. The Labute approximate surface area is 249 Å². The highest BCUT2D eigenvalue weighted by Gasteiger charge is 2.23. The van der Waals surface area contributed by atoms with E-state index in [1.165, 1.54) is 6.07 Å². The standard InChI is InChI=1S/C27H27FN6O3.C3H6O2S/c1-32-23-14-19(27(35)36)7-8-22(23)30-25(32)16-33-9-11-34(12-10-33)24-3-2-4-26(31-24)37-17-20-6-5-18(15-29)13-21(20)28;4-6(5)2-1-3-6/h3,5-8,13-14H,2,4,9-12,16-17H2,1H3,(H,35,36);1-3H2. The Balaban J connectivity index is 0.000000548. The van der Waals surface area contributed by atoms with Gasteiger partial charge < -0.3 is 19.3 Å². The second-order valence-electron chi connectivity index (χ2n) is 10.7. The molecule has 2 saturated heterocycles. The van der Waals surface area contributed by atoms with E-state index in [0.29, 0.717) is 35.9 Å². The van der Waals surface area contributed by atoms with Crippen LogP contribution >= 0.6 is 0 Å². The highest BCUT2D eigenvalue weighted by Crippen LogP contribution is 2.22. The predicted molar refractivity (Wildman–Crippen MR) is 158 cm³/mol. The number of ether oxygens (including phenoxy) is 1. The van der Waals surface area contributed by atoms with E-state index in [4.69, 9.17) is 15.0 Å². The summed E-state index contributed by atoms with van der Waals surface area (Å²) >= 11 is 0. The number of nitrogens with zero attached hydrogens (tertiary/aromatic N) is 6. The number of aromatic nitrogens is 2. The number of carboxylic acid groups (broad SMARTS) is 1. The summed E-state index contributed by atoms with van der Waals surface area (Å²) in [4.78, 5) is 25.3. The fourth-order valence-electron chi connectivity index (χ4n) is 4.98. The number of rotatable bonds is 6. The SMILES string of the molecule is Cn1c(CN2CCN(C3=CCCC(OCc4ccc(C#N)cc4F)=N3)CC2)nc2ccc(C(=O)O)cc21.O=S1(=O)CCC1. The topological polar surface area (TPSA) is 141 Å². The van der Waals surface area contributed by atoms with Crippen LogP contribution in [-0.4, -0.2) is 82.4 Å². The van der Waals surface area contributed by atoms with E-state index < -0.39 is 21.6 Å². The normalized spacial score (nSPS) is 18.0. The summed E-state index contributed by atoms with van der Waals surface area (Å²) in [5.41, 5.74) is 2.53. The van der Waals surface area contributed by atoms with Gasteiger partial charge in [0.25, 0.3) is 0 Å². The number of piperazine rings is 1. The van der Waals surface area contributed by atoms with Crippen LogP contribution in [0.25, 0.3) is 11.0 Å². The Hall–Kier alpha value is -4.28. The van der Waals surface area contributed by atoms with Gasteiger partial charge in [-0.25, -0.2) is 27.6 Å². The number of imidazole rings is 1. The second kappa shape index (κ2) is 12.9. The number of allylic oxidation sites excluding steroid dienone is 1. The molecule has 6 rings (SSSR count). The molecule has 0 amide bonds. The summed E-state index contributed by atoms with van der Waals surface area (Å²) in [7, 11) is -0.565. The lowest BCUT2D eigenvalue weighted by molar-refractivity contribution is 0.0697. The van der Waals surface area contributed by atoms with Crippen LogP contribution in [0.5, 0.6) is 0 Å². The fraction of sp³-hybridized carbons (Fsp3) is 0.400. The maximum atomic E-state index is 14.2. The Bertz CT molecular complexity index is 1730. The second-order valence-corrected chi connectivity index (χ2v) is 13.0. The molecule has 11 nitrogen and oxygen atoms in total. The van der Waals surface area contributed by atoms with E-state index in [0.717, 1.165) is 61.7 Å². The molecule has 0 saturated carbocycles. The first-order valence-electron chi connectivity index (χ1n) is 14.1. The number of hydrogen-bond donors (Lipinski definition) is 1. The van der Waals surface area contributed by atoms with Crippen molar-refractivity contribution in [2.24, 2.45) is 12.0 Å². The van der Waals surface area contributed by atoms with E-state index >= 15 is 0 Å². The zero-order chi connectivity index (χ0) is 30.6. The molecule has 43 heavy (non-hydrogen) atoms. The van der Waals surface area contributed by atoms with E-state index in [-0.39, 0.29) is 17.7 Å². The van der Waals surface area contributed by atoms with Gasteiger partial charge in [0.1, 0.15) is 33.9 Å². The number of benzene rings is 2. The van der Waals surface area contributed by atoms with E-state index in [1.807, 2.05) is 17.7 Å². The third kappa shape index (κ3) is 7.39. The van der Waals surface area contributed by atoms with Crippen molar-refractivity contribution >= 4 is 32.7 Å². The number of hydrogen-bond acceptors (Lipinski definition) is 9. The third-order valence-corrected chi connectivity index (χ3v) is 9.51. The van der Waals surface area contributed by atoms with E-state index in [1.54, 1.807) is 30.3 Å². The molecule has 3 aliphatic rings. The van der Waals surface area contributed by atoms with Crippen LogP contribution in [0, 0.1) is 17.1 Å². The van der Waals surface area contributed by atoms with Crippen molar-refractivity contribution in [1.82, 2.24) is 19.4 Å². The highest BCUT2D eigenvalue weighted by molar-refractivity contribution is 7.92. The van der Waals surface area contributed by atoms with Crippen molar-refractivity contribution in [1.29, 1.82) is 5.26 Å². The third-order valence-electron chi connectivity index (χ3n) is 7.69. The van der Waals surface area contributed by atoms with Crippen LogP contribution in [0.3, 0.4) is 0 Å². The Kier molecular flexibility index (Phi) is 9.08. The van der Waals surface area contributed by atoms with Crippen LogP contribution in [0.15, 0.2) is 53.3 Å². The van der Waals surface area contributed by atoms with Crippen molar-refractivity contribution in [3.63, 3.8) is 0 Å². The van der Waals surface area contributed by atoms with Crippen LogP contribution in [-0.2, 0) is 34.8 Å². The first-order valence-corrected chi connectivity index (χ1v) is 15.9. The van der Waals surface area contributed by atoms with Crippen LogP contribution in [0.1, 0.15) is 46.6 Å². The minimum atomic E-state index is -2.48. The number of aromatic carboxylic acids is 1. The molecule has 2 aromatic carbocycles. The van der Waals surface area contributed by atoms with Crippen LogP contribution in [0.4, 0.5) is 4.39 Å². The van der Waals surface area contributed by atoms with Gasteiger partial charge >= 0.3 is 5.97 Å². The monoisotopic (exact) mass is 608 g/mol. The number of sulfone groups is 1. The number of aryl methyl sites for hydroxylation is 1. The van der Waals surface area contributed by atoms with Gasteiger partial charge in [-0.05, 0) is 49.2 Å². The lowest BCUT2D eigenvalue weighted by atomic mass is 10.1. The summed E-state index contributed by atoms with van der Waals surface area (Å²) in [5, 5.41) is 18.2. The number of nitriles is 1. The molecule has 0 spiro atoms. The molecule has 226 valence electrons. The molecular weight excluding hydrogens is 575 g/mol. The van der Waals surface area contributed by atoms with Crippen molar-refractivity contribution in [3.05, 3.63) is 76.6 Å². The van der Waals surface area contributed by atoms with Gasteiger partial charge in [-0.1, -0.05) is 6.07 Å². The summed E-state index contributed by atoms with van der Waals surface area (Å²) in [5.74, 6) is 1.81. The number of halogens is 1. The maximum Gasteiger partial charge on any atom is 0.335 e. The first kappa shape index (κ1) is 30.2. The molecule has 0 unspecified atom stereocenters. The van der Waals surface area contributed by atoms with E-state index in [2.05, 4.69) is 20.9 Å². The van der Waals surface area contributed by atoms with Gasteiger partial charge in [0.05, 0.1) is 46.3 Å². The van der Waals surface area contributed by atoms with Crippen molar-refractivity contribution < 1.29 is 27.4 Å². The smallest absolute Gasteiger partial charge is 0.335 e. The molecule has 1 N–H and O–H groups in total. The molecule has 1 aromatic heterocycles. The van der Waals surface area contributed by atoms with Crippen molar-refractivity contribution in [2.45, 2.75) is 32.4 Å². The average Bonchev–Trinajstić information content (AvgIpc) is 3.30. The first-order chi connectivity index (χ1) is 20.6. The zero-order valence-electron chi connectivity index (χ0n) is 23.9. The fourth-order valence-corrected chi connectivity index (χ4v) is 5.74. The van der Waals surface area contributed by atoms with Crippen LogP contribution < -0.4 is 0 Å². The van der Waals surface area contributed by atoms with Gasteiger partial charge in [-0.3, -0.25) is 4.90 Å². The Morgan fingerprint density at radius 1 is 1.14 bits per heavy atom. The minimum absolute atomic E-state index is 0.0728. The van der Waals surface area contributed by atoms with Gasteiger partial charge in [0.2, 0.25) is 0 Å². The summed E-state index contributed by atoms with van der Waals surface area (Å²) in [6.07, 6.45) is 4.46. The van der Waals surface area contributed by atoms with Gasteiger partial charge in [0, 0.05) is 45.2 Å². The summed E-state index contributed by atoms with van der Waals surface area (Å²) in [6, 6.07) is 11.3. The molecule has 4 heterocycles. The zero-order valence-corrected chi connectivity index (χ0v) is 24.7.